The summed E-state index contributed by atoms with van der Waals surface area (Å²) in [6, 6.07) is 65.0. The first-order valence-electron chi connectivity index (χ1n) is 26.0. The van der Waals surface area contributed by atoms with Crippen molar-refractivity contribution in [2.75, 3.05) is 0 Å². The predicted octanol–water partition coefficient (Wildman–Crippen LogP) is 18.4. The molecule has 1 N–H and O–H groups in total. The summed E-state index contributed by atoms with van der Waals surface area (Å²) in [4.78, 5) is 16.2. The summed E-state index contributed by atoms with van der Waals surface area (Å²) >= 11 is 0. The van der Waals surface area contributed by atoms with Crippen LogP contribution >= 0.6 is 0 Å². The highest BCUT2D eigenvalue weighted by Gasteiger charge is 2.29. The molecule has 0 bridgehead atoms. The van der Waals surface area contributed by atoms with E-state index in [9.17, 15) is 5.11 Å². The number of aromatic hydroxyl groups is 1. The fourth-order valence-electron chi connectivity index (χ4n) is 10.1. The van der Waals surface area contributed by atoms with Crippen molar-refractivity contribution in [3.8, 4) is 89.8 Å². The normalized spacial score (nSPS) is 12.4. The maximum absolute atomic E-state index is 12.6. The lowest BCUT2D eigenvalue weighted by Gasteiger charge is -2.28. The molecule has 0 spiro atoms. The molecular formula is C69H68N4O. The number of pyridine rings is 2. The second-order valence-corrected chi connectivity index (χ2v) is 24.0. The summed E-state index contributed by atoms with van der Waals surface area (Å²) < 4.78 is 2.25. The number of phenolic OH excluding ortho intramolecular Hbond substituents is 1. The molecule has 10 aromatic rings. The van der Waals surface area contributed by atoms with Crippen molar-refractivity contribution in [1.82, 2.24) is 19.5 Å². The molecule has 0 aliphatic carbocycles. The Bertz CT molecular complexity index is 3630. The first-order chi connectivity index (χ1) is 35.1. The van der Waals surface area contributed by atoms with Gasteiger partial charge in [-0.2, -0.15) is 0 Å². The number of imidazole rings is 1. The Kier molecular flexibility index (Phi) is 12.7. The molecular weight excluding hydrogens is 901 g/mol. The largest absolute Gasteiger partial charge is 0.507 e. The summed E-state index contributed by atoms with van der Waals surface area (Å²) in [5, 5.41) is 12.6. The van der Waals surface area contributed by atoms with Gasteiger partial charge in [-0.1, -0.05) is 204 Å². The lowest BCUT2D eigenvalue weighted by Crippen LogP contribution is -2.17. The summed E-state index contributed by atoms with van der Waals surface area (Å²) in [5.74, 6) is 1.03. The molecule has 10 rings (SSSR count). The van der Waals surface area contributed by atoms with Gasteiger partial charge in [0.25, 0.3) is 0 Å². The number of phenols is 1. The Labute approximate surface area is 438 Å². The Morgan fingerprint density at radius 1 is 0.378 bits per heavy atom. The van der Waals surface area contributed by atoms with Crippen molar-refractivity contribution < 1.29 is 5.11 Å². The molecule has 5 heteroatoms. The van der Waals surface area contributed by atoms with Gasteiger partial charge in [-0.25, -0.2) is 15.0 Å². The van der Waals surface area contributed by atoms with E-state index < -0.39 is 0 Å². The molecule has 0 aliphatic rings. The van der Waals surface area contributed by atoms with Gasteiger partial charge in [-0.15, -0.1) is 0 Å². The lowest BCUT2D eigenvalue weighted by atomic mass is 9.78. The zero-order valence-electron chi connectivity index (χ0n) is 45.1. The SMILES string of the molecule is CC(C)(C)c1cc(-c2cc(-c3c(-c4ccccc4)cccc3-c3ccccc3)cc(-c3cc(C(C)(C)C)cc(C(C)(C)C)c3O)n2)cc(-c2nc3cccnc3n2-c2ccc(C(C)(C)C)cc2-c2ccccc2)c1. The maximum Gasteiger partial charge on any atom is 0.164 e. The van der Waals surface area contributed by atoms with Crippen LogP contribution in [-0.2, 0) is 21.7 Å². The van der Waals surface area contributed by atoms with Gasteiger partial charge in [0.2, 0.25) is 0 Å². The number of hydrogen-bond acceptors (Lipinski definition) is 4. The Balaban J connectivity index is 1.30. The van der Waals surface area contributed by atoms with Gasteiger partial charge in [0.1, 0.15) is 17.1 Å². The monoisotopic (exact) mass is 969 g/mol. The lowest BCUT2D eigenvalue weighted by molar-refractivity contribution is 0.446. The summed E-state index contributed by atoms with van der Waals surface area (Å²) in [6.07, 6.45) is 1.86. The van der Waals surface area contributed by atoms with Gasteiger partial charge in [-0.05, 0) is 138 Å². The van der Waals surface area contributed by atoms with Crippen molar-refractivity contribution in [2.45, 2.75) is 105 Å². The highest BCUT2D eigenvalue weighted by Crippen LogP contribution is 2.47. The highest BCUT2D eigenvalue weighted by molar-refractivity contribution is 5.97. The van der Waals surface area contributed by atoms with Crippen LogP contribution in [0.2, 0.25) is 0 Å². The standard InChI is InChI=1S/C69H68N4O/c1-66(2,3)50-33-34-61(55(41-50)46-28-20-15-21-29-46)73-64(72-58-32-23-35-70-65(58)73)49-36-47(37-51(38-49)67(4,5)6)59-39-48(40-60(71-59)56-42-52(68(7,8)9)43-57(63(56)74)69(10,11)12)62-53(44-24-16-13-17-25-44)30-22-31-54(62)45-26-18-14-19-27-45/h13-43,74H,1-12H3. The minimum absolute atomic E-state index is 0.0703. The maximum atomic E-state index is 12.6. The van der Waals surface area contributed by atoms with E-state index in [4.69, 9.17) is 15.0 Å². The Morgan fingerprint density at radius 2 is 0.905 bits per heavy atom. The quantitative estimate of drug-likeness (QED) is 0.165. The number of aromatic nitrogens is 4. The molecule has 0 fully saturated rings. The average molecular weight is 969 g/mol. The molecule has 7 aromatic carbocycles. The molecule has 3 aromatic heterocycles. The van der Waals surface area contributed by atoms with E-state index in [0.29, 0.717) is 11.3 Å². The van der Waals surface area contributed by atoms with E-state index >= 15 is 0 Å². The molecule has 0 saturated carbocycles. The summed E-state index contributed by atoms with van der Waals surface area (Å²) in [5.41, 5.74) is 18.9. The van der Waals surface area contributed by atoms with Crippen LogP contribution in [0.4, 0.5) is 0 Å². The van der Waals surface area contributed by atoms with Crippen LogP contribution in [-0.4, -0.2) is 24.6 Å². The minimum Gasteiger partial charge on any atom is -0.507 e. The average Bonchev–Trinajstić information content (AvgIpc) is 3.77. The molecule has 5 nitrogen and oxygen atoms in total. The minimum atomic E-state index is -0.343. The predicted molar refractivity (Wildman–Crippen MR) is 311 cm³/mol. The van der Waals surface area contributed by atoms with Gasteiger partial charge in [0.05, 0.1) is 17.1 Å². The summed E-state index contributed by atoms with van der Waals surface area (Å²) in [6.45, 7) is 26.8. The fourth-order valence-corrected chi connectivity index (χ4v) is 10.1. The van der Waals surface area contributed by atoms with Crippen LogP contribution < -0.4 is 0 Å². The molecule has 0 radical (unpaired) electrons. The third kappa shape index (κ3) is 9.72. The van der Waals surface area contributed by atoms with Crippen LogP contribution in [0.15, 0.2) is 188 Å². The number of fused-ring (bicyclic) bond motifs is 1. The first kappa shape index (κ1) is 49.7. The van der Waals surface area contributed by atoms with E-state index in [0.717, 1.165) is 101 Å². The Morgan fingerprint density at radius 3 is 1.47 bits per heavy atom. The van der Waals surface area contributed by atoms with Crippen LogP contribution in [0.25, 0.3) is 95.3 Å². The number of nitrogens with zero attached hydrogens (tertiary/aromatic N) is 4. The van der Waals surface area contributed by atoms with E-state index in [-0.39, 0.29) is 27.4 Å². The second-order valence-electron chi connectivity index (χ2n) is 24.0. The molecule has 0 atom stereocenters. The van der Waals surface area contributed by atoms with Crippen molar-refractivity contribution in [3.63, 3.8) is 0 Å². The Hall–Kier alpha value is -7.89. The molecule has 0 amide bonds. The molecule has 370 valence electrons. The zero-order valence-corrected chi connectivity index (χ0v) is 45.1. The topological polar surface area (TPSA) is 63.8 Å². The third-order valence-corrected chi connectivity index (χ3v) is 14.4. The van der Waals surface area contributed by atoms with Crippen molar-refractivity contribution in [3.05, 3.63) is 210 Å². The van der Waals surface area contributed by atoms with Crippen molar-refractivity contribution >= 4 is 11.2 Å². The van der Waals surface area contributed by atoms with Crippen LogP contribution in [0.1, 0.15) is 105 Å². The molecule has 0 unspecified atom stereocenters. The van der Waals surface area contributed by atoms with Crippen LogP contribution in [0.3, 0.4) is 0 Å². The van der Waals surface area contributed by atoms with Crippen molar-refractivity contribution in [1.29, 1.82) is 0 Å². The number of benzene rings is 7. The van der Waals surface area contributed by atoms with E-state index in [1.165, 1.54) is 5.56 Å². The molecule has 3 heterocycles. The van der Waals surface area contributed by atoms with Crippen LogP contribution in [0, 0.1) is 0 Å². The fraction of sp³-hybridized carbons (Fsp3) is 0.232. The van der Waals surface area contributed by atoms with Gasteiger partial charge in [0.15, 0.2) is 5.65 Å². The van der Waals surface area contributed by atoms with E-state index in [1.807, 2.05) is 12.3 Å². The van der Waals surface area contributed by atoms with Gasteiger partial charge in [0, 0.05) is 34.0 Å². The van der Waals surface area contributed by atoms with E-state index in [1.54, 1.807) is 0 Å². The summed E-state index contributed by atoms with van der Waals surface area (Å²) in [7, 11) is 0. The molecule has 0 saturated heterocycles. The van der Waals surface area contributed by atoms with Gasteiger partial charge >= 0.3 is 0 Å². The molecule has 0 aliphatic heterocycles. The highest BCUT2D eigenvalue weighted by atomic mass is 16.3. The number of rotatable bonds is 8. The van der Waals surface area contributed by atoms with Gasteiger partial charge in [-0.3, -0.25) is 4.57 Å². The number of hydrogen-bond donors (Lipinski definition) is 1. The molecule has 74 heavy (non-hydrogen) atoms. The van der Waals surface area contributed by atoms with Crippen molar-refractivity contribution in [2.24, 2.45) is 0 Å². The third-order valence-electron chi connectivity index (χ3n) is 14.4. The van der Waals surface area contributed by atoms with E-state index in [2.05, 4.69) is 264 Å². The second kappa shape index (κ2) is 18.9. The zero-order chi connectivity index (χ0) is 52.3. The van der Waals surface area contributed by atoms with Crippen LogP contribution in [0.5, 0.6) is 5.75 Å². The first-order valence-corrected chi connectivity index (χ1v) is 26.0. The van der Waals surface area contributed by atoms with Gasteiger partial charge < -0.3 is 5.11 Å². The smallest absolute Gasteiger partial charge is 0.164 e.